The molecule has 2 N–H and O–H groups in total. The molecule has 0 saturated carbocycles. The van der Waals surface area contributed by atoms with Crippen LogP contribution in [0.15, 0.2) is 34.0 Å². The number of hydrogen-bond donors (Lipinski definition) is 2. The molecule has 0 saturated heterocycles. The summed E-state index contributed by atoms with van der Waals surface area (Å²) >= 11 is 0. The smallest absolute Gasteiger partial charge is 0.300 e. The van der Waals surface area contributed by atoms with Crippen LogP contribution in [0.25, 0.3) is 10.9 Å². The Morgan fingerprint density at radius 1 is 1.28 bits per heavy atom. The van der Waals surface area contributed by atoms with Crippen molar-refractivity contribution < 1.29 is 17.9 Å². The van der Waals surface area contributed by atoms with Crippen LogP contribution in [0.2, 0.25) is 0 Å². The summed E-state index contributed by atoms with van der Waals surface area (Å²) in [6.45, 7) is 0. The summed E-state index contributed by atoms with van der Waals surface area (Å²) in [7, 11) is -4.63. The van der Waals surface area contributed by atoms with Crippen LogP contribution < -0.4 is 5.56 Å². The summed E-state index contributed by atoms with van der Waals surface area (Å²) in [6, 6.07) is 4.49. The van der Waals surface area contributed by atoms with E-state index in [1.807, 2.05) is 0 Å². The van der Waals surface area contributed by atoms with Crippen LogP contribution in [0.3, 0.4) is 0 Å². The molecule has 9 heteroatoms. The Kier molecular flexibility index (Phi) is 2.64. The first-order valence-corrected chi connectivity index (χ1v) is 6.02. The van der Waals surface area contributed by atoms with Crippen molar-refractivity contribution in [3.05, 3.63) is 44.7 Å². The lowest BCUT2D eigenvalue weighted by Gasteiger charge is -2.00. The molecule has 1 aromatic heterocycles. The first-order chi connectivity index (χ1) is 8.29. The SMILES string of the molecule is O=c1[nH]c2cc([N+](=O)[O-])ccc2cc1S(=O)(=O)O. The number of hydrogen-bond acceptors (Lipinski definition) is 5. The molecule has 1 heterocycles. The van der Waals surface area contributed by atoms with Gasteiger partial charge in [-0.2, -0.15) is 8.42 Å². The Hall–Kier alpha value is -2.26. The molecule has 18 heavy (non-hydrogen) atoms. The molecule has 2 aromatic rings. The molecule has 0 aliphatic rings. The second-order valence-corrected chi connectivity index (χ2v) is 4.86. The number of pyridine rings is 1. The number of non-ortho nitro benzene ring substituents is 1. The van der Waals surface area contributed by atoms with Crippen molar-refractivity contribution in [3.63, 3.8) is 0 Å². The van der Waals surface area contributed by atoms with Gasteiger partial charge in [-0.3, -0.25) is 19.5 Å². The largest absolute Gasteiger partial charge is 0.320 e. The van der Waals surface area contributed by atoms with Gasteiger partial charge in [0.1, 0.15) is 0 Å². The monoisotopic (exact) mass is 270 g/mol. The van der Waals surface area contributed by atoms with Gasteiger partial charge in [0.2, 0.25) is 0 Å². The van der Waals surface area contributed by atoms with E-state index in [0.717, 1.165) is 18.2 Å². The van der Waals surface area contributed by atoms with E-state index in [-0.39, 0.29) is 16.6 Å². The van der Waals surface area contributed by atoms with E-state index in [0.29, 0.717) is 0 Å². The van der Waals surface area contributed by atoms with Gasteiger partial charge >= 0.3 is 0 Å². The Morgan fingerprint density at radius 2 is 1.94 bits per heavy atom. The highest BCUT2D eigenvalue weighted by molar-refractivity contribution is 7.85. The fourth-order valence-electron chi connectivity index (χ4n) is 1.47. The fraction of sp³-hybridized carbons (Fsp3) is 0. The number of aromatic nitrogens is 1. The van der Waals surface area contributed by atoms with Crippen LogP contribution in [0.5, 0.6) is 0 Å². The van der Waals surface area contributed by atoms with Crippen molar-refractivity contribution in [2.45, 2.75) is 4.90 Å². The van der Waals surface area contributed by atoms with E-state index in [1.165, 1.54) is 6.07 Å². The van der Waals surface area contributed by atoms with E-state index in [4.69, 9.17) is 4.55 Å². The van der Waals surface area contributed by atoms with Crippen LogP contribution in [-0.2, 0) is 10.1 Å². The van der Waals surface area contributed by atoms with Crippen molar-refractivity contribution in [2.24, 2.45) is 0 Å². The predicted octanol–water partition coefficient (Wildman–Crippen LogP) is 0.683. The minimum absolute atomic E-state index is 0.113. The zero-order chi connectivity index (χ0) is 13.5. The van der Waals surface area contributed by atoms with Gasteiger partial charge < -0.3 is 4.98 Å². The average Bonchev–Trinajstić information content (AvgIpc) is 2.25. The molecule has 0 bridgehead atoms. The zero-order valence-electron chi connectivity index (χ0n) is 8.65. The maximum atomic E-state index is 11.4. The number of H-pyrrole nitrogens is 1. The molecule has 0 fully saturated rings. The van der Waals surface area contributed by atoms with Gasteiger partial charge in [0.15, 0.2) is 4.90 Å². The third kappa shape index (κ3) is 2.08. The highest BCUT2D eigenvalue weighted by atomic mass is 32.2. The van der Waals surface area contributed by atoms with E-state index in [2.05, 4.69) is 4.98 Å². The van der Waals surface area contributed by atoms with Crippen molar-refractivity contribution in [3.8, 4) is 0 Å². The van der Waals surface area contributed by atoms with Crippen molar-refractivity contribution in [1.82, 2.24) is 4.98 Å². The summed E-state index contributed by atoms with van der Waals surface area (Å²) < 4.78 is 30.6. The summed E-state index contributed by atoms with van der Waals surface area (Å²) in [4.78, 5) is 22.6. The average molecular weight is 270 g/mol. The van der Waals surface area contributed by atoms with Crippen LogP contribution in [-0.4, -0.2) is 22.9 Å². The number of nitrogens with zero attached hydrogens (tertiary/aromatic N) is 1. The number of benzene rings is 1. The minimum atomic E-state index is -4.63. The van der Waals surface area contributed by atoms with Gasteiger partial charge in [-0.25, -0.2) is 0 Å². The van der Waals surface area contributed by atoms with Crippen molar-refractivity contribution >= 4 is 26.7 Å². The van der Waals surface area contributed by atoms with E-state index in [1.54, 1.807) is 0 Å². The molecule has 0 aliphatic heterocycles. The van der Waals surface area contributed by atoms with Gasteiger partial charge in [0.05, 0.1) is 10.4 Å². The molecule has 8 nitrogen and oxygen atoms in total. The number of rotatable bonds is 2. The van der Waals surface area contributed by atoms with Crippen LogP contribution in [0.1, 0.15) is 0 Å². The van der Waals surface area contributed by atoms with Gasteiger partial charge in [-0.05, 0) is 12.1 Å². The third-order valence-corrected chi connectivity index (χ3v) is 3.14. The quantitative estimate of drug-likeness (QED) is 0.468. The first kappa shape index (κ1) is 12.2. The first-order valence-electron chi connectivity index (χ1n) is 4.58. The molecule has 1 aromatic carbocycles. The highest BCUT2D eigenvalue weighted by Gasteiger charge is 2.16. The Morgan fingerprint density at radius 3 is 2.50 bits per heavy atom. The molecule has 0 spiro atoms. The van der Waals surface area contributed by atoms with E-state index < -0.39 is 25.5 Å². The fourth-order valence-corrected chi connectivity index (χ4v) is 2.04. The van der Waals surface area contributed by atoms with E-state index >= 15 is 0 Å². The second-order valence-electron chi connectivity index (χ2n) is 3.47. The molecule has 0 aliphatic carbocycles. The summed E-state index contributed by atoms with van der Waals surface area (Å²) in [5.74, 6) is 0. The molecule has 0 amide bonds. The Balaban J connectivity index is 2.80. The van der Waals surface area contributed by atoms with Gasteiger partial charge in [0.25, 0.3) is 21.4 Å². The molecule has 0 unspecified atom stereocenters. The number of nitro groups is 1. The van der Waals surface area contributed by atoms with Crippen molar-refractivity contribution in [2.75, 3.05) is 0 Å². The summed E-state index contributed by atoms with van der Waals surface area (Å²) in [5, 5.41) is 10.8. The molecular formula is C9H6N2O6S. The van der Waals surface area contributed by atoms with Gasteiger partial charge in [0, 0.05) is 17.5 Å². The number of aromatic amines is 1. The highest BCUT2D eigenvalue weighted by Crippen LogP contribution is 2.19. The maximum Gasteiger partial charge on any atom is 0.300 e. The molecule has 0 atom stereocenters. The minimum Gasteiger partial charge on any atom is -0.320 e. The maximum absolute atomic E-state index is 11.4. The lowest BCUT2D eigenvalue weighted by atomic mass is 10.2. The third-order valence-electron chi connectivity index (χ3n) is 2.28. The molecule has 0 radical (unpaired) electrons. The van der Waals surface area contributed by atoms with Crippen LogP contribution in [0, 0.1) is 10.1 Å². The summed E-state index contributed by atoms with van der Waals surface area (Å²) in [6.07, 6.45) is 0. The lowest BCUT2D eigenvalue weighted by molar-refractivity contribution is -0.384. The summed E-state index contributed by atoms with van der Waals surface area (Å²) in [5.41, 5.74) is -1.16. The van der Waals surface area contributed by atoms with Crippen LogP contribution >= 0.6 is 0 Å². The van der Waals surface area contributed by atoms with Crippen molar-refractivity contribution in [1.29, 1.82) is 0 Å². The van der Waals surface area contributed by atoms with Gasteiger partial charge in [-0.15, -0.1) is 0 Å². The topological polar surface area (TPSA) is 130 Å². The van der Waals surface area contributed by atoms with E-state index in [9.17, 15) is 23.3 Å². The number of nitrogens with one attached hydrogen (secondary N) is 1. The number of fused-ring (bicyclic) bond motifs is 1. The lowest BCUT2D eigenvalue weighted by Crippen LogP contribution is -2.16. The van der Waals surface area contributed by atoms with Crippen LogP contribution in [0.4, 0.5) is 5.69 Å². The van der Waals surface area contributed by atoms with Gasteiger partial charge in [-0.1, -0.05) is 0 Å². The second kappa shape index (κ2) is 3.89. The predicted molar refractivity (Wildman–Crippen MR) is 61.0 cm³/mol. The molecule has 94 valence electrons. The molecular weight excluding hydrogens is 264 g/mol. The normalized spacial score (nSPS) is 11.6. The zero-order valence-corrected chi connectivity index (χ0v) is 9.47. The Bertz CT molecular complexity index is 807. The Labute approximate surface area is 99.8 Å². The standard InChI is InChI=1S/C9H6N2O6S/c12-9-8(18(15,16)17)3-5-1-2-6(11(13)14)4-7(5)10-9/h1-4H,(H,10,12)(H,15,16,17). The number of nitro benzene ring substituents is 1. The molecule has 2 rings (SSSR count).